The first-order chi connectivity index (χ1) is 10.4. The minimum absolute atomic E-state index is 0.203. The zero-order valence-corrected chi connectivity index (χ0v) is 15.1. The smallest absolute Gasteiger partial charge is 0.125 e. The number of ether oxygens (including phenoxy) is 1. The molecule has 1 aliphatic heterocycles. The third kappa shape index (κ3) is 3.24. The Hall–Kier alpha value is -1.22. The SMILES string of the molecule is CCCNCc1cc2c(cc1OC)N(CC)C(C)(C)C[C@@H]2C. The van der Waals surface area contributed by atoms with Crippen LogP contribution in [-0.4, -0.2) is 25.7 Å². The van der Waals surface area contributed by atoms with Crippen molar-refractivity contribution in [2.75, 3.05) is 25.1 Å². The molecule has 0 amide bonds. The standard InChI is InChI=1S/C19H32N2O/c1-7-9-20-13-15-10-16-14(3)12-19(4,5)21(8-2)17(16)11-18(15)22-6/h10-11,14,20H,7-9,12-13H2,1-6H3/t14-/m0/s1. The number of fused-ring (bicyclic) bond motifs is 1. The molecule has 0 aliphatic carbocycles. The van der Waals surface area contributed by atoms with Crippen LogP contribution in [0.4, 0.5) is 5.69 Å². The molecule has 1 aliphatic rings. The Morgan fingerprint density at radius 3 is 2.64 bits per heavy atom. The second-order valence-electron chi connectivity index (χ2n) is 7.06. The Morgan fingerprint density at radius 2 is 2.05 bits per heavy atom. The summed E-state index contributed by atoms with van der Waals surface area (Å²) in [6.45, 7) is 14.4. The number of anilines is 1. The molecule has 0 saturated heterocycles. The normalized spacial score (nSPS) is 19.9. The molecule has 1 heterocycles. The van der Waals surface area contributed by atoms with Gasteiger partial charge in [0.05, 0.1) is 7.11 Å². The van der Waals surface area contributed by atoms with Gasteiger partial charge in [-0.25, -0.2) is 0 Å². The monoisotopic (exact) mass is 304 g/mol. The topological polar surface area (TPSA) is 24.5 Å². The Balaban J connectivity index is 2.42. The molecule has 1 aromatic rings. The number of hydrogen-bond donors (Lipinski definition) is 1. The fourth-order valence-corrected chi connectivity index (χ4v) is 3.88. The average molecular weight is 304 g/mol. The number of nitrogens with one attached hydrogen (secondary N) is 1. The lowest BCUT2D eigenvalue weighted by Crippen LogP contribution is -2.48. The first-order valence-corrected chi connectivity index (χ1v) is 8.63. The maximum Gasteiger partial charge on any atom is 0.125 e. The highest BCUT2D eigenvalue weighted by Gasteiger charge is 2.36. The van der Waals surface area contributed by atoms with Gasteiger partial charge in [-0.2, -0.15) is 0 Å². The molecular weight excluding hydrogens is 272 g/mol. The fraction of sp³-hybridized carbons (Fsp3) is 0.684. The van der Waals surface area contributed by atoms with Crippen molar-refractivity contribution in [1.82, 2.24) is 5.32 Å². The lowest BCUT2D eigenvalue weighted by molar-refractivity contribution is 0.376. The average Bonchev–Trinajstić information content (AvgIpc) is 2.47. The van der Waals surface area contributed by atoms with Crippen LogP contribution in [0.15, 0.2) is 12.1 Å². The van der Waals surface area contributed by atoms with Gasteiger partial charge in [0, 0.05) is 35.9 Å². The summed E-state index contributed by atoms with van der Waals surface area (Å²) >= 11 is 0. The maximum absolute atomic E-state index is 5.67. The van der Waals surface area contributed by atoms with E-state index in [1.165, 1.54) is 23.2 Å². The zero-order chi connectivity index (χ0) is 16.3. The first-order valence-electron chi connectivity index (χ1n) is 8.63. The Bertz CT molecular complexity index is 510. The number of methoxy groups -OCH3 is 1. The van der Waals surface area contributed by atoms with Crippen LogP contribution in [0.2, 0.25) is 0 Å². The van der Waals surface area contributed by atoms with Gasteiger partial charge in [-0.15, -0.1) is 0 Å². The van der Waals surface area contributed by atoms with E-state index in [2.05, 4.69) is 57.0 Å². The van der Waals surface area contributed by atoms with Crippen LogP contribution in [0.25, 0.3) is 0 Å². The van der Waals surface area contributed by atoms with Crippen LogP contribution in [0.3, 0.4) is 0 Å². The Kier molecular flexibility index (Phi) is 5.38. The van der Waals surface area contributed by atoms with Gasteiger partial charge in [0.25, 0.3) is 0 Å². The summed E-state index contributed by atoms with van der Waals surface area (Å²) in [7, 11) is 1.78. The van der Waals surface area contributed by atoms with Crippen molar-refractivity contribution in [3.05, 3.63) is 23.3 Å². The summed E-state index contributed by atoms with van der Waals surface area (Å²) in [6.07, 6.45) is 2.35. The molecule has 3 nitrogen and oxygen atoms in total. The summed E-state index contributed by atoms with van der Waals surface area (Å²) in [5, 5.41) is 3.50. The predicted molar refractivity (Wildman–Crippen MR) is 95.1 cm³/mol. The fourth-order valence-electron chi connectivity index (χ4n) is 3.88. The summed E-state index contributed by atoms with van der Waals surface area (Å²) in [5.74, 6) is 1.59. The zero-order valence-electron chi connectivity index (χ0n) is 15.1. The second-order valence-corrected chi connectivity index (χ2v) is 7.06. The molecule has 1 atom stereocenters. The van der Waals surface area contributed by atoms with Crippen LogP contribution in [0.1, 0.15) is 64.5 Å². The highest BCUT2D eigenvalue weighted by Crippen LogP contribution is 2.45. The second kappa shape index (κ2) is 6.91. The van der Waals surface area contributed by atoms with Crippen molar-refractivity contribution < 1.29 is 4.74 Å². The van der Waals surface area contributed by atoms with Crippen LogP contribution in [-0.2, 0) is 6.54 Å². The van der Waals surface area contributed by atoms with Crippen molar-refractivity contribution in [2.24, 2.45) is 0 Å². The molecule has 0 bridgehead atoms. The predicted octanol–water partition coefficient (Wildman–Crippen LogP) is 4.31. The molecule has 0 radical (unpaired) electrons. The molecule has 3 heteroatoms. The van der Waals surface area contributed by atoms with Gasteiger partial charge in [0.1, 0.15) is 5.75 Å². The lowest BCUT2D eigenvalue weighted by atomic mass is 9.79. The molecule has 22 heavy (non-hydrogen) atoms. The van der Waals surface area contributed by atoms with Crippen molar-refractivity contribution in [3.63, 3.8) is 0 Å². The third-order valence-corrected chi connectivity index (χ3v) is 4.85. The number of nitrogens with zero attached hydrogens (tertiary/aromatic N) is 1. The lowest BCUT2D eigenvalue weighted by Gasteiger charge is -2.47. The quantitative estimate of drug-likeness (QED) is 0.793. The van der Waals surface area contributed by atoms with Crippen molar-refractivity contribution in [3.8, 4) is 5.75 Å². The van der Waals surface area contributed by atoms with Gasteiger partial charge in [0.15, 0.2) is 0 Å². The number of benzene rings is 1. The first kappa shape index (κ1) is 17.1. The van der Waals surface area contributed by atoms with Gasteiger partial charge in [0.2, 0.25) is 0 Å². The molecule has 0 spiro atoms. The largest absolute Gasteiger partial charge is 0.496 e. The van der Waals surface area contributed by atoms with E-state index >= 15 is 0 Å². The van der Waals surface area contributed by atoms with E-state index in [1.807, 2.05) is 0 Å². The van der Waals surface area contributed by atoms with Crippen molar-refractivity contribution in [2.45, 2.75) is 65.5 Å². The van der Waals surface area contributed by atoms with Crippen molar-refractivity contribution in [1.29, 1.82) is 0 Å². The molecule has 1 N–H and O–H groups in total. The van der Waals surface area contributed by atoms with Crippen molar-refractivity contribution >= 4 is 5.69 Å². The van der Waals surface area contributed by atoms with E-state index in [4.69, 9.17) is 4.74 Å². The summed E-state index contributed by atoms with van der Waals surface area (Å²) in [4.78, 5) is 2.52. The maximum atomic E-state index is 5.67. The van der Waals surface area contributed by atoms with Gasteiger partial charge in [-0.3, -0.25) is 0 Å². The Morgan fingerprint density at radius 1 is 1.32 bits per heavy atom. The molecule has 1 aromatic carbocycles. The van der Waals surface area contributed by atoms with Gasteiger partial charge in [-0.1, -0.05) is 13.8 Å². The van der Waals surface area contributed by atoms with E-state index in [0.29, 0.717) is 5.92 Å². The van der Waals surface area contributed by atoms with E-state index < -0.39 is 0 Å². The molecule has 0 unspecified atom stereocenters. The highest BCUT2D eigenvalue weighted by atomic mass is 16.5. The Labute approximate surface area is 136 Å². The van der Waals surface area contributed by atoms with E-state index in [-0.39, 0.29) is 5.54 Å². The van der Waals surface area contributed by atoms with Crippen LogP contribution < -0.4 is 15.0 Å². The number of hydrogen-bond acceptors (Lipinski definition) is 3. The molecule has 2 rings (SSSR count). The highest BCUT2D eigenvalue weighted by molar-refractivity contribution is 5.64. The minimum atomic E-state index is 0.203. The van der Waals surface area contributed by atoms with Crippen LogP contribution in [0, 0.1) is 0 Å². The molecule has 0 fully saturated rings. The van der Waals surface area contributed by atoms with Crippen LogP contribution in [0.5, 0.6) is 5.75 Å². The summed E-state index contributed by atoms with van der Waals surface area (Å²) < 4.78 is 5.67. The molecule has 0 saturated carbocycles. The van der Waals surface area contributed by atoms with Gasteiger partial charge >= 0.3 is 0 Å². The van der Waals surface area contributed by atoms with E-state index in [0.717, 1.165) is 31.8 Å². The minimum Gasteiger partial charge on any atom is -0.496 e. The van der Waals surface area contributed by atoms with E-state index in [1.54, 1.807) is 7.11 Å². The number of rotatable bonds is 6. The third-order valence-electron chi connectivity index (χ3n) is 4.85. The molecular formula is C19H32N2O. The summed E-state index contributed by atoms with van der Waals surface area (Å²) in [5.41, 5.74) is 4.30. The van der Waals surface area contributed by atoms with Gasteiger partial charge < -0.3 is 15.0 Å². The molecule has 0 aromatic heterocycles. The van der Waals surface area contributed by atoms with Gasteiger partial charge in [-0.05, 0) is 57.7 Å². The molecule has 124 valence electrons. The van der Waals surface area contributed by atoms with E-state index in [9.17, 15) is 0 Å². The van der Waals surface area contributed by atoms with Crippen LogP contribution >= 0.6 is 0 Å². The summed E-state index contributed by atoms with van der Waals surface area (Å²) in [6, 6.07) is 4.61.